The van der Waals surface area contributed by atoms with E-state index < -0.39 is 24.1 Å². The summed E-state index contributed by atoms with van der Waals surface area (Å²) in [6, 6.07) is 8.37. The van der Waals surface area contributed by atoms with Crippen LogP contribution in [0.3, 0.4) is 0 Å². The molecule has 8 heteroatoms. The molecule has 0 radical (unpaired) electrons. The molecular weight excluding hydrogens is 316 g/mol. The third kappa shape index (κ3) is 2.66. The molecule has 2 aliphatic heterocycles. The van der Waals surface area contributed by atoms with E-state index in [4.69, 9.17) is 9.47 Å². The van der Waals surface area contributed by atoms with Gasteiger partial charge in [0.05, 0.1) is 7.11 Å². The van der Waals surface area contributed by atoms with E-state index in [1.807, 2.05) is 18.2 Å². The van der Waals surface area contributed by atoms with Crippen LogP contribution in [-0.4, -0.2) is 53.8 Å². The number of aliphatic hydroxyl groups excluding tert-OH is 1. The summed E-state index contributed by atoms with van der Waals surface area (Å²) >= 11 is 0. The van der Waals surface area contributed by atoms with Crippen molar-refractivity contribution in [3.05, 3.63) is 41.8 Å². The van der Waals surface area contributed by atoms with Crippen LogP contribution in [0.4, 0.5) is 0 Å². The van der Waals surface area contributed by atoms with Gasteiger partial charge in [0.1, 0.15) is 11.5 Å². The van der Waals surface area contributed by atoms with Crippen molar-refractivity contribution in [1.82, 2.24) is 4.90 Å². The molecule has 0 unspecified atom stereocenters. The van der Waals surface area contributed by atoms with Crippen LogP contribution in [0.2, 0.25) is 0 Å². The fraction of sp³-hybridized carbons (Fsp3) is 0.312. The highest BCUT2D eigenvalue weighted by Gasteiger charge is 2.57. The van der Waals surface area contributed by atoms with Gasteiger partial charge in [-0.3, -0.25) is 9.69 Å². The van der Waals surface area contributed by atoms with E-state index in [1.54, 1.807) is 12.1 Å². The molecule has 1 N–H and O–H groups in total. The Bertz CT molecular complexity index is 723. The first kappa shape index (κ1) is 15.9. The van der Waals surface area contributed by atoms with Crippen molar-refractivity contribution >= 4 is 17.8 Å². The lowest BCUT2D eigenvalue weighted by Gasteiger charge is -2.40. The van der Waals surface area contributed by atoms with E-state index >= 15 is 0 Å². The molecule has 1 aromatic carbocycles. The Hall–Kier alpha value is -3.03. The van der Waals surface area contributed by atoms with Gasteiger partial charge in [-0.1, -0.05) is 18.2 Å². The molecule has 1 amide bonds. The van der Waals surface area contributed by atoms with Crippen molar-refractivity contribution in [2.75, 3.05) is 13.7 Å². The van der Waals surface area contributed by atoms with Crippen molar-refractivity contribution in [3.8, 4) is 5.75 Å². The summed E-state index contributed by atoms with van der Waals surface area (Å²) in [5, 5.41) is 9.67. The fourth-order valence-electron chi connectivity index (χ4n) is 2.50. The van der Waals surface area contributed by atoms with E-state index in [9.17, 15) is 14.7 Å². The molecule has 126 valence electrons. The minimum Gasteiger partial charge on any atom is -0.510 e. The standard InChI is InChI=1S/C16H16N2O6/c1-9(19)13(16(21)22-2)18-14(20)12-15(18)24-11(17-12)8-23-10-6-4-3-5-7-10/h3-7,12,15,19H,8H2,1-2H3/b13-9+/t12-,15-/m1/s1. The summed E-state index contributed by atoms with van der Waals surface area (Å²) in [6.45, 7) is 1.36. The highest BCUT2D eigenvalue weighted by Crippen LogP contribution is 2.34. The molecule has 0 bridgehead atoms. The van der Waals surface area contributed by atoms with Gasteiger partial charge in [0.25, 0.3) is 5.91 Å². The highest BCUT2D eigenvalue weighted by atomic mass is 16.6. The van der Waals surface area contributed by atoms with Gasteiger partial charge >= 0.3 is 5.97 Å². The van der Waals surface area contributed by atoms with E-state index in [0.29, 0.717) is 5.75 Å². The minimum absolute atomic E-state index is 0.0630. The molecule has 8 nitrogen and oxygen atoms in total. The largest absolute Gasteiger partial charge is 0.510 e. The molecule has 1 fully saturated rings. The number of para-hydroxylation sites is 1. The number of aliphatic hydroxyl groups is 1. The summed E-state index contributed by atoms with van der Waals surface area (Å²) in [6.07, 6.45) is -0.775. The number of methoxy groups -OCH3 is 1. The molecule has 0 aromatic heterocycles. The Labute approximate surface area is 137 Å². The van der Waals surface area contributed by atoms with E-state index in [0.717, 1.165) is 12.0 Å². The number of esters is 1. The zero-order valence-electron chi connectivity index (χ0n) is 13.1. The first-order valence-corrected chi connectivity index (χ1v) is 7.25. The second-order valence-electron chi connectivity index (χ2n) is 5.21. The number of β-lactam (4-membered cyclic amide) rings is 1. The number of aliphatic imine (C=N–C) groups is 1. The summed E-state index contributed by atoms with van der Waals surface area (Å²) in [5.74, 6) is -0.689. The minimum atomic E-state index is -0.820. The van der Waals surface area contributed by atoms with Crippen LogP contribution in [0.1, 0.15) is 6.92 Å². The first-order chi connectivity index (χ1) is 11.5. The second kappa shape index (κ2) is 6.23. The van der Waals surface area contributed by atoms with Gasteiger partial charge in [-0.05, 0) is 19.1 Å². The van der Waals surface area contributed by atoms with Gasteiger partial charge in [0, 0.05) is 0 Å². The van der Waals surface area contributed by atoms with E-state index in [2.05, 4.69) is 9.73 Å². The van der Waals surface area contributed by atoms with Crippen LogP contribution in [0.15, 0.2) is 46.8 Å². The van der Waals surface area contributed by atoms with Crippen molar-refractivity contribution in [2.24, 2.45) is 4.99 Å². The monoisotopic (exact) mass is 332 g/mol. The van der Waals surface area contributed by atoms with Crippen LogP contribution in [0.25, 0.3) is 0 Å². The molecule has 2 aliphatic rings. The number of ether oxygens (including phenoxy) is 3. The lowest BCUT2D eigenvalue weighted by molar-refractivity contribution is -0.163. The number of carbonyl (C=O) groups is 2. The molecule has 1 aromatic rings. The van der Waals surface area contributed by atoms with Crippen LogP contribution < -0.4 is 4.74 Å². The van der Waals surface area contributed by atoms with Crippen LogP contribution >= 0.6 is 0 Å². The van der Waals surface area contributed by atoms with Gasteiger partial charge in [-0.2, -0.15) is 0 Å². The van der Waals surface area contributed by atoms with Gasteiger partial charge < -0.3 is 19.3 Å². The number of likely N-dealkylation sites (tertiary alicyclic amines) is 1. The molecule has 0 saturated carbocycles. The highest BCUT2D eigenvalue weighted by molar-refractivity contribution is 6.02. The third-order valence-corrected chi connectivity index (χ3v) is 3.62. The molecule has 2 atom stereocenters. The number of carbonyl (C=O) groups excluding carboxylic acids is 2. The molecule has 0 spiro atoms. The second-order valence-corrected chi connectivity index (χ2v) is 5.21. The maximum Gasteiger partial charge on any atom is 0.358 e. The third-order valence-electron chi connectivity index (χ3n) is 3.62. The maximum atomic E-state index is 12.2. The predicted octanol–water partition coefficient (Wildman–Crippen LogP) is 0.993. The van der Waals surface area contributed by atoms with Gasteiger partial charge in [0.15, 0.2) is 18.3 Å². The normalized spacial score (nSPS) is 22.7. The fourth-order valence-corrected chi connectivity index (χ4v) is 2.50. The number of rotatable bonds is 5. The van der Waals surface area contributed by atoms with Crippen molar-refractivity contribution in [2.45, 2.75) is 19.2 Å². The Morgan fingerprint density at radius 3 is 2.71 bits per heavy atom. The quantitative estimate of drug-likeness (QED) is 0.374. The van der Waals surface area contributed by atoms with Crippen molar-refractivity contribution in [3.63, 3.8) is 0 Å². The summed E-state index contributed by atoms with van der Waals surface area (Å²) in [5.41, 5.74) is -0.246. The maximum absolute atomic E-state index is 12.2. The molecule has 0 aliphatic carbocycles. The molecule has 24 heavy (non-hydrogen) atoms. The zero-order valence-corrected chi connectivity index (χ0v) is 13.1. The van der Waals surface area contributed by atoms with Gasteiger partial charge in [-0.15, -0.1) is 0 Å². The van der Waals surface area contributed by atoms with Gasteiger partial charge in [0.2, 0.25) is 12.1 Å². The number of hydrogen-bond donors (Lipinski definition) is 1. The molecule has 2 heterocycles. The van der Waals surface area contributed by atoms with Crippen LogP contribution in [0, 0.1) is 0 Å². The van der Waals surface area contributed by atoms with E-state index in [1.165, 1.54) is 6.92 Å². The van der Waals surface area contributed by atoms with Crippen molar-refractivity contribution in [1.29, 1.82) is 0 Å². The van der Waals surface area contributed by atoms with Gasteiger partial charge in [-0.25, -0.2) is 9.79 Å². The smallest absolute Gasteiger partial charge is 0.358 e. The number of fused-ring (bicyclic) bond motifs is 1. The first-order valence-electron chi connectivity index (χ1n) is 7.25. The summed E-state index contributed by atoms with van der Waals surface area (Å²) in [4.78, 5) is 29.1. The number of hydrogen-bond acceptors (Lipinski definition) is 7. The number of nitrogens with zero attached hydrogens (tertiary/aromatic N) is 2. The average molecular weight is 332 g/mol. The lowest BCUT2D eigenvalue weighted by atomic mass is 10.0. The Kier molecular flexibility index (Phi) is 4.11. The molecular formula is C16H16N2O6. The summed E-state index contributed by atoms with van der Waals surface area (Å²) in [7, 11) is 1.16. The average Bonchev–Trinajstić information content (AvgIpc) is 2.97. The summed E-state index contributed by atoms with van der Waals surface area (Å²) < 4.78 is 15.7. The number of benzene rings is 1. The predicted molar refractivity (Wildman–Crippen MR) is 82.2 cm³/mol. The lowest BCUT2D eigenvalue weighted by Crippen LogP contribution is -2.63. The number of allylic oxidation sites excluding steroid dienone is 1. The molecule has 3 rings (SSSR count). The Morgan fingerprint density at radius 1 is 1.38 bits per heavy atom. The number of amides is 1. The Morgan fingerprint density at radius 2 is 2.08 bits per heavy atom. The van der Waals surface area contributed by atoms with E-state index in [-0.39, 0.29) is 24.0 Å². The van der Waals surface area contributed by atoms with Crippen LogP contribution in [0.5, 0.6) is 5.75 Å². The van der Waals surface area contributed by atoms with Crippen LogP contribution in [-0.2, 0) is 19.1 Å². The molecule has 1 saturated heterocycles. The zero-order chi connectivity index (χ0) is 17.3. The van der Waals surface area contributed by atoms with Crippen molar-refractivity contribution < 1.29 is 28.9 Å². The topological polar surface area (TPSA) is 97.7 Å². The SMILES string of the molecule is COC(=O)/C(=C(/C)O)N1C(=O)[C@H]2N=C(COc3ccccc3)O[C@H]21. The Balaban J connectivity index is 1.68.